The standard InChI is InChI=1S/C13H17BrO3S/c1-17-11-3-5-12(6-4-11)18(15,16)10-13(9-14)7-2-8-13/h3-6H,2,7-10H2,1H3. The molecule has 1 aliphatic rings. The molecule has 2 rings (SSSR count). The van der Waals surface area contributed by atoms with Crippen molar-refractivity contribution in [2.45, 2.75) is 24.2 Å². The molecule has 0 N–H and O–H groups in total. The molecule has 1 fully saturated rings. The first-order chi connectivity index (χ1) is 8.51. The van der Waals surface area contributed by atoms with E-state index >= 15 is 0 Å². The largest absolute Gasteiger partial charge is 0.497 e. The van der Waals surface area contributed by atoms with Crippen molar-refractivity contribution in [1.82, 2.24) is 0 Å². The second-order valence-corrected chi connectivity index (χ2v) is 7.47. The monoisotopic (exact) mass is 332 g/mol. The van der Waals surface area contributed by atoms with E-state index in [9.17, 15) is 8.42 Å². The minimum atomic E-state index is -3.20. The SMILES string of the molecule is COc1ccc(S(=O)(=O)CC2(CBr)CCC2)cc1. The van der Waals surface area contributed by atoms with Gasteiger partial charge in [0.25, 0.3) is 0 Å². The van der Waals surface area contributed by atoms with Gasteiger partial charge in [0, 0.05) is 5.33 Å². The Labute approximate surface area is 117 Å². The number of hydrogen-bond donors (Lipinski definition) is 0. The number of sulfone groups is 1. The highest BCUT2D eigenvalue weighted by Gasteiger charge is 2.40. The molecule has 3 nitrogen and oxygen atoms in total. The van der Waals surface area contributed by atoms with E-state index in [1.165, 1.54) is 0 Å². The Balaban J connectivity index is 2.19. The van der Waals surface area contributed by atoms with E-state index in [0.29, 0.717) is 10.6 Å². The molecular formula is C13H17BrO3S. The Morgan fingerprint density at radius 2 is 1.89 bits per heavy atom. The van der Waals surface area contributed by atoms with E-state index in [1.54, 1.807) is 31.4 Å². The number of hydrogen-bond acceptors (Lipinski definition) is 3. The minimum Gasteiger partial charge on any atom is -0.497 e. The normalized spacial score (nSPS) is 18.1. The number of halogens is 1. The van der Waals surface area contributed by atoms with Crippen LogP contribution in [0.4, 0.5) is 0 Å². The molecule has 0 saturated heterocycles. The van der Waals surface area contributed by atoms with Crippen LogP contribution in [0.1, 0.15) is 19.3 Å². The smallest absolute Gasteiger partial charge is 0.178 e. The van der Waals surface area contributed by atoms with Crippen molar-refractivity contribution in [3.8, 4) is 5.75 Å². The second-order valence-electron chi connectivity index (χ2n) is 4.92. The van der Waals surface area contributed by atoms with Crippen molar-refractivity contribution in [1.29, 1.82) is 0 Å². The molecule has 0 heterocycles. The molecule has 0 radical (unpaired) electrons. The predicted molar refractivity (Wildman–Crippen MR) is 75.1 cm³/mol. The van der Waals surface area contributed by atoms with Crippen molar-refractivity contribution >= 4 is 25.8 Å². The van der Waals surface area contributed by atoms with Gasteiger partial charge in [0.15, 0.2) is 9.84 Å². The zero-order valence-corrected chi connectivity index (χ0v) is 12.8. The van der Waals surface area contributed by atoms with E-state index < -0.39 is 9.84 Å². The summed E-state index contributed by atoms with van der Waals surface area (Å²) in [6, 6.07) is 6.62. The van der Waals surface area contributed by atoms with E-state index in [-0.39, 0.29) is 11.2 Å². The van der Waals surface area contributed by atoms with Crippen molar-refractivity contribution in [3.63, 3.8) is 0 Å². The number of ether oxygens (including phenoxy) is 1. The van der Waals surface area contributed by atoms with E-state index in [4.69, 9.17) is 4.74 Å². The molecule has 18 heavy (non-hydrogen) atoms. The molecule has 5 heteroatoms. The molecule has 0 aliphatic heterocycles. The Morgan fingerprint density at radius 3 is 2.28 bits per heavy atom. The van der Waals surface area contributed by atoms with Crippen LogP contribution in [0.5, 0.6) is 5.75 Å². The Bertz CT molecular complexity index is 498. The Kier molecular flexibility index (Phi) is 4.02. The average Bonchev–Trinajstić information content (AvgIpc) is 2.34. The Hall–Kier alpha value is -0.550. The van der Waals surface area contributed by atoms with Crippen molar-refractivity contribution in [2.75, 3.05) is 18.2 Å². The summed E-state index contributed by atoms with van der Waals surface area (Å²) >= 11 is 3.45. The van der Waals surface area contributed by atoms with Gasteiger partial charge in [0.05, 0.1) is 17.8 Å². The van der Waals surface area contributed by atoms with Gasteiger partial charge in [-0.3, -0.25) is 0 Å². The zero-order valence-electron chi connectivity index (χ0n) is 10.4. The van der Waals surface area contributed by atoms with Crippen LogP contribution in [0.15, 0.2) is 29.2 Å². The molecule has 100 valence electrons. The summed E-state index contributed by atoms with van der Waals surface area (Å²) in [7, 11) is -1.63. The fraction of sp³-hybridized carbons (Fsp3) is 0.538. The third kappa shape index (κ3) is 2.72. The molecule has 0 bridgehead atoms. The summed E-state index contributed by atoms with van der Waals surface area (Å²) in [5.41, 5.74) is -0.0568. The van der Waals surface area contributed by atoms with Gasteiger partial charge in [0.1, 0.15) is 5.75 Å². The van der Waals surface area contributed by atoms with Gasteiger partial charge in [-0.1, -0.05) is 22.4 Å². The third-order valence-electron chi connectivity index (χ3n) is 3.61. The summed E-state index contributed by atoms with van der Waals surface area (Å²) < 4.78 is 29.7. The maximum atomic E-state index is 12.3. The molecule has 1 aromatic carbocycles. The van der Waals surface area contributed by atoms with Gasteiger partial charge < -0.3 is 4.74 Å². The van der Waals surface area contributed by atoms with Crippen molar-refractivity contribution in [2.24, 2.45) is 5.41 Å². The van der Waals surface area contributed by atoms with Crippen LogP contribution in [0.25, 0.3) is 0 Å². The number of alkyl halides is 1. The first-order valence-corrected chi connectivity index (χ1v) is 8.72. The van der Waals surface area contributed by atoms with Crippen molar-refractivity contribution in [3.05, 3.63) is 24.3 Å². The number of rotatable bonds is 5. The van der Waals surface area contributed by atoms with E-state index in [0.717, 1.165) is 24.6 Å². The highest BCUT2D eigenvalue weighted by molar-refractivity contribution is 9.09. The first-order valence-electron chi connectivity index (χ1n) is 5.94. The lowest BCUT2D eigenvalue weighted by molar-refractivity contribution is 0.203. The highest BCUT2D eigenvalue weighted by atomic mass is 79.9. The summed E-state index contributed by atoms with van der Waals surface area (Å²) in [4.78, 5) is 0.385. The van der Waals surface area contributed by atoms with Crippen LogP contribution in [-0.2, 0) is 9.84 Å². The van der Waals surface area contributed by atoms with Crippen LogP contribution in [0, 0.1) is 5.41 Å². The molecule has 0 aromatic heterocycles. The van der Waals surface area contributed by atoms with Crippen LogP contribution in [0.2, 0.25) is 0 Å². The number of benzene rings is 1. The highest BCUT2D eigenvalue weighted by Crippen LogP contribution is 2.44. The zero-order chi connectivity index (χ0) is 13.2. The van der Waals surface area contributed by atoms with Crippen LogP contribution in [-0.4, -0.2) is 26.6 Å². The molecule has 0 amide bonds. The van der Waals surface area contributed by atoms with Gasteiger partial charge in [-0.2, -0.15) is 0 Å². The minimum absolute atomic E-state index is 0.0568. The first kappa shape index (κ1) is 13.9. The maximum absolute atomic E-state index is 12.3. The summed E-state index contributed by atoms with van der Waals surface area (Å²) in [5.74, 6) is 0.908. The Morgan fingerprint density at radius 1 is 1.28 bits per heavy atom. The molecular weight excluding hydrogens is 316 g/mol. The lowest BCUT2D eigenvalue weighted by Gasteiger charge is -2.40. The van der Waals surface area contributed by atoms with Gasteiger partial charge in [-0.05, 0) is 42.5 Å². The van der Waals surface area contributed by atoms with Gasteiger partial charge in [0.2, 0.25) is 0 Å². The fourth-order valence-electron chi connectivity index (χ4n) is 2.26. The number of methoxy groups -OCH3 is 1. The van der Waals surface area contributed by atoms with Crippen LogP contribution in [0.3, 0.4) is 0 Å². The maximum Gasteiger partial charge on any atom is 0.178 e. The summed E-state index contributed by atoms with van der Waals surface area (Å²) in [6.07, 6.45) is 3.12. The molecule has 0 spiro atoms. The lowest BCUT2D eigenvalue weighted by Crippen LogP contribution is -2.38. The predicted octanol–water partition coefficient (Wildman–Crippen LogP) is 3.03. The summed E-state index contributed by atoms with van der Waals surface area (Å²) in [6.45, 7) is 0. The molecule has 0 atom stereocenters. The molecule has 0 unspecified atom stereocenters. The van der Waals surface area contributed by atoms with E-state index in [1.807, 2.05) is 0 Å². The van der Waals surface area contributed by atoms with Crippen LogP contribution < -0.4 is 4.74 Å². The molecule has 1 aromatic rings. The van der Waals surface area contributed by atoms with E-state index in [2.05, 4.69) is 15.9 Å². The lowest BCUT2D eigenvalue weighted by atomic mass is 9.72. The summed E-state index contributed by atoms with van der Waals surface area (Å²) in [5, 5.41) is 0.759. The van der Waals surface area contributed by atoms with Crippen LogP contribution >= 0.6 is 15.9 Å². The van der Waals surface area contributed by atoms with Gasteiger partial charge in [-0.25, -0.2) is 8.42 Å². The van der Waals surface area contributed by atoms with Gasteiger partial charge in [-0.15, -0.1) is 0 Å². The fourth-order valence-corrected chi connectivity index (χ4v) is 5.20. The topological polar surface area (TPSA) is 43.4 Å². The second kappa shape index (κ2) is 5.21. The van der Waals surface area contributed by atoms with Crippen molar-refractivity contribution < 1.29 is 13.2 Å². The van der Waals surface area contributed by atoms with Gasteiger partial charge >= 0.3 is 0 Å². The molecule has 1 saturated carbocycles. The third-order valence-corrected chi connectivity index (χ3v) is 6.78. The molecule has 1 aliphatic carbocycles. The average molecular weight is 333 g/mol. The quantitative estimate of drug-likeness (QED) is 0.778.